The van der Waals surface area contributed by atoms with Crippen LogP contribution in [0.15, 0.2) is 15.5 Å². The molecule has 0 atom stereocenters. The fourth-order valence-electron chi connectivity index (χ4n) is 2.52. The number of hydrogen-bond donors (Lipinski definition) is 1. The van der Waals surface area contributed by atoms with Gasteiger partial charge >= 0.3 is 0 Å². The van der Waals surface area contributed by atoms with E-state index in [1.54, 1.807) is 13.2 Å². The van der Waals surface area contributed by atoms with Crippen LogP contribution in [0.1, 0.15) is 39.0 Å². The highest BCUT2D eigenvalue weighted by Crippen LogP contribution is 2.36. The van der Waals surface area contributed by atoms with Gasteiger partial charge in [-0.25, -0.2) is 4.68 Å². The second-order valence-electron chi connectivity index (χ2n) is 5.53. The summed E-state index contributed by atoms with van der Waals surface area (Å²) in [5.74, 6) is 0. The fraction of sp³-hybridized carbons (Fsp3) is 0.692. The van der Waals surface area contributed by atoms with Crippen molar-refractivity contribution in [3.05, 3.63) is 21.0 Å². The summed E-state index contributed by atoms with van der Waals surface area (Å²) >= 11 is 3.34. The minimum atomic E-state index is -0.103. The summed E-state index contributed by atoms with van der Waals surface area (Å²) < 4.78 is 1.90. The summed E-state index contributed by atoms with van der Waals surface area (Å²) in [6.45, 7) is 3.22. The zero-order valence-electron chi connectivity index (χ0n) is 11.0. The van der Waals surface area contributed by atoms with Crippen molar-refractivity contribution in [2.75, 3.05) is 11.9 Å². The van der Waals surface area contributed by atoms with E-state index in [4.69, 9.17) is 0 Å². The van der Waals surface area contributed by atoms with Gasteiger partial charge in [0.25, 0.3) is 5.56 Å². The summed E-state index contributed by atoms with van der Waals surface area (Å²) in [6.07, 6.45) is 8.21. The van der Waals surface area contributed by atoms with Crippen LogP contribution in [0.5, 0.6) is 0 Å². The molecule has 1 aromatic heterocycles. The van der Waals surface area contributed by atoms with Crippen LogP contribution >= 0.6 is 15.9 Å². The number of aromatic nitrogens is 2. The lowest BCUT2D eigenvalue weighted by Gasteiger charge is -2.34. The molecule has 0 saturated heterocycles. The zero-order valence-corrected chi connectivity index (χ0v) is 12.6. The predicted molar refractivity (Wildman–Crippen MR) is 76.9 cm³/mol. The van der Waals surface area contributed by atoms with E-state index in [-0.39, 0.29) is 5.56 Å². The van der Waals surface area contributed by atoms with Crippen molar-refractivity contribution in [1.82, 2.24) is 9.78 Å². The quantitative estimate of drug-likeness (QED) is 0.933. The van der Waals surface area contributed by atoms with Crippen LogP contribution in [-0.4, -0.2) is 16.3 Å². The largest absolute Gasteiger partial charge is 0.382 e. The molecule has 1 aliphatic carbocycles. The van der Waals surface area contributed by atoms with E-state index in [1.807, 2.05) is 0 Å². The van der Waals surface area contributed by atoms with Crippen molar-refractivity contribution in [3.63, 3.8) is 0 Å². The number of aryl methyl sites for hydroxylation is 1. The molecule has 1 fully saturated rings. The fourth-order valence-corrected chi connectivity index (χ4v) is 3.02. The molecular formula is C13H20BrN3O. The van der Waals surface area contributed by atoms with E-state index in [1.165, 1.54) is 36.8 Å². The van der Waals surface area contributed by atoms with E-state index >= 15 is 0 Å². The lowest BCUT2D eigenvalue weighted by atomic mass is 9.76. The first kappa shape index (κ1) is 13.6. The second-order valence-corrected chi connectivity index (χ2v) is 6.32. The predicted octanol–water partition coefficient (Wildman–Crippen LogP) is 2.93. The zero-order chi connectivity index (χ0) is 13.2. The minimum Gasteiger partial charge on any atom is -0.382 e. The molecule has 5 heteroatoms. The number of hydrogen-bond acceptors (Lipinski definition) is 3. The van der Waals surface area contributed by atoms with Crippen molar-refractivity contribution in [3.8, 4) is 0 Å². The Kier molecular flexibility index (Phi) is 4.10. The number of rotatable bonds is 3. The van der Waals surface area contributed by atoms with Crippen LogP contribution < -0.4 is 10.9 Å². The van der Waals surface area contributed by atoms with Gasteiger partial charge in [-0.05, 0) is 34.2 Å². The number of nitrogens with zero attached hydrogens (tertiary/aromatic N) is 2. The summed E-state index contributed by atoms with van der Waals surface area (Å²) in [5.41, 5.74) is 1.04. The van der Waals surface area contributed by atoms with Crippen molar-refractivity contribution in [2.45, 2.75) is 39.0 Å². The Morgan fingerprint density at radius 1 is 1.44 bits per heavy atom. The Balaban J connectivity index is 2.06. The Hall–Kier alpha value is -0.840. The molecule has 1 aromatic rings. The van der Waals surface area contributed by atoms with Crippen LogP contribution in [0.3, 0.4) is 0 Å². The van der Waals surface area contributed by atoms with E-state index in [2.05, 4.69) is 33.3 Å². The topological polar surface area (TPSA) is 46.9 Å². The lowest BCUT2D eigenvalue weighted by molar-refractivity contribution is 0.233. The molecule has 2 rings (SSSR count). The highest BCUT2D eigenvalue weighted by molar-refractivity contribution is 9.10. The van der Waals surface area contributed by atoms with Crippen LogP contribution in [0.4, 0.5) is 5.69 Å². The van der Waals surface area contributed by atoms with Crippen LogP contribution in [0, 0.1) is 5.41 Å². The third kappa shape index (κ3) is 2.94. The molecule has 18 heavy (non-hydrogen) atoms. The summed E-state index contributed by atoms with van der Waals surface area (Å²) in [5, 5.41) is 7.41. The summed E-state index contributed by atoms with van der Waals surface area (Å²) in [4.78, 5) is 11.7. The number of halogens is 1. The Bertz CT molecular complexity index is 478. The maximum Gasteiger partial charge on any atom is 0.282 e. The Labute approximate surface area is 116 Å². The molecule has 0 aliphatic heterocycles. The molecule has 1 heterocycles. The van der Waals surface area contributed by atoms with Crippen molar-refractivity contribution in [2.24, 2.45) is 12.5 Å². The normalized spacial score (nSPS) is 18.6. The molecule has 1 aliphatic rings. The van der Waals surface area contributed by atoms with E-state index < -0.39 is 0 Å². The first-order valence-electron chi connectivity index (χ1n) is 6.48. The number of anilines is 1. The van der Waals surface area contributed by atoms with Crippen LogP contribution in [0.2, 0.25) is 0 Å². The molecule has 0 spiro atoms. The molecule has 0 aromatic carbocycles. The van der Waals surface area contributed by atoms with Crippen LogP contribution in [-0.2, 0) is 7.05 Å². The van der Waals surface area contributed by atoms with E-state index in [9.17, 15) is 4.79 Å². The van der Waals surface area contributed by atoms with Gasteiger partial charge in [0, 0.05) is 13.6 Å². The molecule has 0 radical (unpaired) electrons. The monoisotopic (exact) mass is 313 g/mol. The van der Waals surface area contributed by atoms with Gasteiger partial charge in [0.15, 0.2) is 0 Å². The highest BCUT2D eigenvalue weighted by Gasteiger charge is 2.26. The van der Waals surface area contributed by atoms with Crippen LogP contribution in [0.25, 0.3) is 0 Å². The molecule has 0 amide bonds. The molecule has 1 saturated carbocycles. The minimum absolute atomic E-state index is 0.103. The molecule has 4 nitrogen and oxygen atoms in total. The standard InChI is InChI=1S/C13H20BrN3O/c1-13(6-4-3-5-7-13)9-15-10-8-16-17(2)12(18)11(10)14/h8,15H,3-7,9H2,1-2H3. The van der Waals surface area contributed by atoms with Crippen molar-refractivity contribution < 1.29 is 0 Å². The smallest absolute Gasteiger partial charge is 0.282 e. The average Bonchev–Trinajstić information content (AvgIpc) is 2.36. The van der Waals surface area contributed by atoms with E-state index in [0.29, 0.717) is 9.89 Å². The van der Waals surface area contributed by atoms with Gasteiger partial charge in [0.2, 0.25) is 0 Å². The average molecular weight is 314 g/mol. The molecule has 0 unspecified atom stereocenters. The maximum absolute atomic E-state index is 11.7. The Morgan fingerprint density at radius 2 is 2.11 bits per heavy atom. The van der Waals surface area contributed by atoms with Gasteiger partial charge < -0.3 is 5.32 Å². The molecule has 100 valence electrons. The second kappa shape index (κ2) is 5.43. The summed E-state index contributed by atoms with van der Waals surface area (Å²) in [7, 11) is 1.65. The highest BCUT2D eigenvalue weighted by atomic mass is 79.9. The van der Waals surface area contributed by atoms with Gasteiger partial charge in [0.05, 0.1) is 11.9 Å². The molecular weight excluding hydrogens is 294 g/mol. The van der Waals surface area contributed by atoms with Gasteiger partial charge in [-0.3, -0.25) is 4.79 Å². The first-order chi connectivity index (χ1) is 8.52. The third-order valence-corrected chi connectivity index (χ3v) is 4.61. The first-order valence-corrected chi connectivity index (χ1v) is 7.27. The maximum atomic E-state index is 11.7. The van der Waals surface area contributed by atoms with Gasteiger partial charge in [-0.1, -0.05) is 26.2 Å². The van der Waals surface area contributed by atoms with Crippen molar-refractivity contribution >= 4 is 21.6 Å². The van der Waals surface area contributed by atoms with E-state index in [0.717, 1.165) is 12.2 Å². The molecule has 1 N–H and O–H groups in total. The van der Waals surface area contributed by atoms with Crippen molar-refractivity contribution in [1.29, 1.82) is 0 Å². The lowest BCUT2D eigenvalue weighted by Crippen LogP contribution is -2.30. The summed E-state index contributed by atoms with van der Waals surface area (Å²) in [6, 6.07) is 0. The van der Waals surface area contributed by atoms with Gasteiger partial charge in [-0.2, -0.15) is 5.10 Å². The van der Waals surface area contributed by atoms with Gasteiger partial charge in [-0.15, -0.1) is 0 Å². The third-order valence-electron chi connectivity index (χ3n) is 3.84. The molecule has 0 bridgehead atoms. The number of nitrogens with one attached hydrogen (secondary N) is 1. The SMILES string of the molecule is Cn1ncc(NCC2(C)CCCCC2)c(Br)c1=O. The Morgan fingerprint density at radius 3 is 2.78 bits per heavy atom. The van der Waals surface area contributed by atoms with Gasteiger partial charge in [0.1, 0.15) is 4.47 Å².